The van der Waals surface area contributed by atoms with Crippen LogP contribution in [0.3, 0.4) is 0 Å². The van der Waals surface area contributed by atoms with Gasteiger partial charge in [-0.3, -0.25) is 4.90 Å². The quantitative estimate of drug-likeness (QED) is 0.723. The molecule has 0 bridgehead atoms. The summed E-state index contributed by atoms with van der Waals surface area (Å²) in [5.74, 6) is 0.923. The van der Waals surface area contributed by atoms with Crippen molar-refractivity contribution in [3.63, 3.8) is 0 Å². The van der Waals surface area contributed by atoms with E-state index in [0.29, 0.717) is 0 Å². The van der Waals surface area contributed by atoms with Gasteiger partial charge in [-0.05, 0) is 19.0 Å². The van der Waals surface area contributed by atoms with E-state index in [-0.39, 0.29) is 6.61 Å². The summed E-state index contributed by atoms with van der Waals surface area (Å²) >= 11 is 0. The van der Waals surface area contributed by atoms with Gasteiger partial charge in [0.25, 0.3) is 0 Å². The number of nitrogens with one attached hydrogen (secondary N) is 1. The molecule has 1 heterocycles. The molecule has 0 saturated carbocycles. The maximum atomic E-state index is 9.07. The van der Waals surface area contributed by atoms with E-state index in [1.807, 2.05) is 13.1 Å². The molecule has 1 rings (SSSR count). The van der Waals surface area contributed by atoms with Crippen molar-refractivity contribution in [1.29, 1.82) is 0 Å². The van der Waals surface area contributed by atoms with Crippen molar-refractivity contribution >= 4 is 5.82 Å². The van der Waals surface area contributed by atoms with E-state index in [1.54, 1.807) is 6.20 Å². The molecular weight excluding hydrogens is 214 g/mol. The van der Waals surface area contributed by atoms with E-state index in [2.05, 4.69) is 28.2 Å². The zero-order chi connectivity index (χ0) is 12.5. The molecular formula is C13H23N3O. The van der Waals surface area contributed by atoms with Crippen molar-refractivity contribution in [3.05, 3.63) is 23.9 Å². The number of aliphatic hydroxyl groups excluding tert-OH is 1. The Hall–Kier alpha value is -1.13. The fraction of sp³-hybridized carbons (Fsp3) is 0.615. The first-order chi connectivity index (χ1) is 8.31. The first kappa shape index (κ1) is 13.9. The van der Waals surface area contributed by atoms with Crippen LogP contribution in [0.15, 0.2) is 18.3 Å². The molecule has 4 nitrogen and oxygen atoms in total. The molecule has 0 saturated heterocycles. The number of aliphatic hydroxyl groups is 1. The van der Waals surface area contributed by atoms with Gasteiger partial charge in [-0.25, -0.2) is 4.98 Å². The molecule has 4 heteroatoms. The molecule has 96 valence electrons. The normalized spacial score (nSPS) is 10.8. The van der Waals surface area contributed by atoms with Crippen molar-refractivity contribution in [3.8, 4) is 0 Å². The monoisotopic (exact) mass is 237 g/mol. The van der Waals surface area contributed by atoms with Crippen LogP contribution in [0.2, 0.25) is 0 Å². The molecule has 0 atom stereocenters. The first-order valence-electron chi connectivity index (χ1n) is 6.26. The molecule has 0 spiro atoms. The lowest BCUT2D eigenvalue weighted by Crippen LogP contribution is -2.28. The van der Waals surface area contributed by atoms with Crippen molar-refractivity contribution in [2.45, 2.75) is 26.3 Å². The molecule has 0 amide bonds. The van der Waals surface area contributed by atoms with Crippen molar-refractivity contribution in [2.24, 2.45) is 0 Å². The van der Waals surface area contributed by atoms with Crippen LogP contribution in [0.5, 0.6) is 0 Å². The minimum Gasteiger partial charge on any atom is -0.395 e. The lowest BCUT2D eigenvalue weighted by atomic mass is 10.2. The second-order valence-electron chi connectivity index (χ2n) is 4.11. The molecule has 0 radical (unpaired) electrons. The minimum absolute atomic E-state index is 0.207. The molecule has 1 aromatic heterocycles. The molecule has 0 aromatic carbocycles. The molecule has 0 unspecified atom stereocenters. The van der Waals surface area contributed by atoms with Crippen LogP contribution in [0, 0.1) is 0 Å². The Morgan fingerprint density at radius 2 is 2.24 bits per heavy atom. The lowest BCUT2D eigenvalue weighted by Gasteiger charge is -2.22. The minimum atomic E-state index is 0.207. The summed E-state index contributed by atoms with van der Waals surface area (Å²) in [6.45, 7) is 4.97. The van der Waals surface area contributed by atoms with E-state index in [0.717, 1.165) is 31.9 Å². The number of hydrogen-bond donors (Lipinski definition) is 2. The van der Waals surface area contributed by atoms with Crippen LogP contribution in [0.1, 0.15) is 25.3 Å². The van der Waals surface area contributed by atoms with Gasteiger partial charge in [0.2, 0.25) is 0 Å². The number of unbranched alkanes of at least 4 members (excludes halogenated alkanes) is 1. The summed E-state index contributed by atoms with van der Waals surface area (Å²) in [6, 6.07) is 4.03. The molecule has 1 aromatic rings. The number of hydrogen-bond acceptors (Lipinski definition) is 4. The predicted molar refractivity (Wildman–Crippen MR) is 71.1 cm³/mol. The van der Waals surface area contributed by atoms with Crippen molar-refractivity contribution in [1.82, 2.24) is 9.88 Å². The summed E-state index contributed by atoms with van der Waals surface area (Å²) in [7, 11) is 1.88. The predicted octanol–water partition coefficient (Wildman–Crippen LogP) is 1.72. The van der Waals surface area contributed by atoms with Gasteiger partial charge in [-0.15, -0.1) is 0 Å². The Labute approximate surface area is 104 Å². The molecule has 0 aliphatic heterocycles. The average Bonchev–Trinajstić information content (AvgIpc) is 2.37. The van der Waals surface area contributed by atoms with Gasteiger partial charge in [0.15, 0.2) is 0 Å². The molecule has 17 heavy (non-hydrogen) atoms. The summed E-state index contributed by atoms with van der Waals surface area (Å²) in [4.78, 5) is 6.56. The highest BCUT2D eigenvalue weighted by Crippen LogP contribution is 2.13. The fourth-order valence-electron chi connectivity index (χ4n) is 1.83. The van der Waals surface area contributed by atoms with Crippen LogP contribution in [-0.2, 0) is 6.54 Å². The van der Waals surface area contributed by atoms with Gasteiger partial charge in [0.05, 0.1) is 6.61 Å². The van der Waals surface area contributed by atoms with Gasteiger partial charge < -0.3 is 10.4 Å². The summed E-state index contributed by atoms with van der Waals surface area (Å²) in [5.41, 5.74) is 1.18. The number of aromatic nitrogens is 1. The SMILES string of the molecule is CCCCN(CCO)Cc1cccnc1NC. The van der Waals surface area contributed by atoms with Gasteiger partial charge >= 0.3 is 0 Å². The Morgan fingerprint density at radius 1 is 1.41 bits per heavy atom. The molecule has 2 N–H and O–H groups in total. The Bertz CT molecular complexity index is 317. The Balaban J connectivity index is 2.63. The fourth-order valence-corrected chi connectivity index (χ4v) is 1.83. The molecule has 0 aliphatic rings. The molecule has 0 fully saturated rings. The third-order valence-electron chi connectivity index (χ3n) is 2.77. The van der Waals surface area contributed by atoms with Gasteiger partial charge in [0, 0.05) is 31.9 Å². The smallest absolute Gasteiger partial charge is 0.130 e. The number of pyridine rings is 1. The summed E-state index contributed by atoms with van der Waals surface area (Å²) in [5, 5.41) is 12.2. The number of anilines is 1. The van der Waals surface area contributed by atoms with Crippen LogP contribution in [0.4, 0.5) is 5.82 Å². The van der Waals surface area contributed by atoms with E-state index in [1.165, 1.54) is 12.0 Å². The zero-order valence-corrected chi connectivity index (χ0v) is 10.8. The van der Waals surface area contributed by atoms with Crippen LogP contribution in [-0.4, -0.2) is 41.7 Å². The zero-order valence-electron chi connectivity index (χ0n) is 10.8. The number of nitrogens with zero attached hydrogens (tertiary/aromatic N) is 2. The van der Waals surface area contributed by atoms with Crippen LogP contribution < -0.4 is 5.32 Å². The third kappa shape index (κ3) is 4.71. The van der Waals surface area contributed by atoms with Crippen LogP contribution in [0.25, 0.3) is 0 Å². The largest absolute Gasteiger partial charge is 0.395 e. The standard InChI is InChI=1S/C13H23N3O/c1-3-4-8-16(9-10-17)11-12-6-5-7-15-13(12)14-2/h5-7,17H,3-4,8-11H2,1-2H3,(H,14,15). The average molecular weight is 237 g/mol. The van der Waals surface area contributed by atoms with Gasteiger partial charge in [-0.2, -0.15) is 0 Å². The second kappa shape index (κ2) is 8.03. The Kier molecular flexibility index (Phi) is 6.58. The van der Waals surface area contributed by atoms with Crippen LogP contribution >= 0.6 is 0 Å². The topological polar surface area (TPSA) is 48.4 Å². The van der Waals surface area contributed by atoms with Gasteiger partial charge in [-0.1, -0.05) is 19.4 Å². The van der Waals surface area contributed by atoms with Crippen molar-refractivity contribution < 1.29 is 5.11 Å². The number of rotatable bonds is 8. The summed E-state index contributed by atoms with van der Waals surface area (Å²) < 4.78 is 0. The maximum Gasteiger partial charge on any atom is 0.130 e. The highest BCUT2D eigenvalue weighted by atomic mass is 16.3. The second-order valence-corrected chi connectivity index (χ2v) is 4.11. The van der Waals surface area contributed by atoms with Gasteiger partial charge in [0.1, 0.15) is 5.82 Å². The first-order valence-corrected chi connectivity index (χ1v) is 6.26. The third-order valence-corrected chi connectivity index (χ3v) is 2.77. The maximum absolute atomic E-state index is 9.07. The highest BCUT2D eigenvalue weighted by Gasteiger charge is 2.08. The van der Waals surface area contributed by atoms with E-state index >= 15 is 0 Å². The van der Waals surface area contributed by atoms with E-state index in [4.69, 9.17) is 5.11 Å². The Morgan fingerprint density at radius 3 is 2.88 bits per heavy atom. The van der Waals surface area contributed by atoms with Crippen molar-refractivity contribution in [2.75, 3.05) is 32.1 Å². The molecule has 0 aliphatic carbocycles. The summed E-state index contributed by atoms with van der Waals surface area (Å²) in [6.07, 6.45) is 4.13. The highest BCUT2D eigenvalue weighted by molar-refractivity contribution is 5.42. The lowest BCUT2D eigenvalue weighted by molar-refractivity contribution is 0.188. The van der Waals surface area contributed by atoms with E-state index < -0.39 is 0 Å². The van der Waals surface area contributed by atoms with E-state index in [9.17, 15) is 0 Å².